The maximum Gasteiger partial charge on any atom is 0.176 e. The Balaban J connectivity index is 2.89. The zero-order chi connectivity index (χ0) is 7.56. The fourth-order valence-electron chi connectivity index (χ4n) is 0.518. The largest absolute Gasteiger partial charge is 0.176 e. The number of hydrogen-bond donors (Lipinski definition) is 0. The maximum absolute atomic E-state index is 3.85. The third kappa shape index (κ3) is 1.46. The van der Waals surface area contributed by atoms with Crippen LogP contribution in [0.3, 0.4) is 0 Å². The van der Waals surface area contributed by atoms with Crippen LogP contribution < -0.4 is 0 Å². The Kier molecular flexibility index (Phi) is 1.89. The highest BCUT2D eigenvalue weighted by Crippen LogP contribution is 2.03. The quantitative estimate of drug-likeness (QED) is 0.573. The Bertz CT molecular complexity index is 203. The topological polar surface area (TPSA) is 51.6 Å². The molecule has 0 amide bonds. The van der Waals surface area contributed by atoms with E-state index in [1.54, 1.807) is 6.92 Å². The Hall–Kier alpha value is -1.06. The van der Waals surface area contributed by atoms with Gasteiger partial charge in [-0.2, -0.15) is 0 Å². The fraction of sp³-hybridized carbons (Fsp3) is 0.667. The molecule has 1 aromatic rings. The standard InChI is InChI=1S/C6H10N4/c1-4(2)6-9-7-5(3)8-10-6/h4H,1-3H3. The molecule has 1 rings (SSSR count). The average Bonchev–Trinajstić information content (AvgIpc) is 1.88. The van der Waals surface area contributed by atoms with Gasteiger partial charge in [-0.15, -0.1) is 20.4 Å². The molecule has 54 valence electrons. The van der Waals surface area contributed by atoms with Crippen LogP contribution in [0.15, 0.2) is 0 Å². The summed E-state index contributed by atoms with van der Waals surface area (Å²) in [5.74, 6) is 1.62. The van der Waals surface area contributed by atoms with Crippen molar-refractivity contribution in [3.63, 3.8) is 0 Å². The third-order valence-electron chi connectivity index (χ3n) is 1.11. The van der Waals surface area contributed by atoms with Crippen LogP contribution in [-0.4, -0.2) is 20.4 Å². The highest BCUT2D eigenvalue weighted by Gasteiger charge is 2.01. The molecule has 0 saturated heterocycles. The van der Waals surface area contributed by atoms with Crippen molar-refractivity contribution in [2.45, 2.75) is 26.7 Å². The molecule has 0 atom stereocenters. The summed E-state index contributed by atoms with van der Waals surface area (Å²) in [4.78, 5) is 0. The second kappa shape index (κ2) is 2.68. The molecule has 0 aliphatic heterocycles. The molecule has 4 nitrogen and oxygen atoms in total. The van der Waals surface area contributed by atoms with Gasteiger partial charge in [-0.25, -0.2) is 0 Å². The molecule has 1 heterocycles. The van der Waals surface area contributed by atoms with Gasteiger partial charge in [0.1, 0.15) is 0 Å². The zero-order valence-corrected chi connectivity index (χ0v) is 6.37. The van der Waals surface area contributed by atoms with E-state index in [-0.39, 0.29) is 0 Å². The highest BCUT2D eigenvalue weighted by molar-refractivity contribution is 4.86. The lowest BCUT2D eigenvalue weighted by Crippen LogP contribution is -2.03. The Labute approximate surface area is 59.7 Å². The minimum absolute atomic E-state index is 0.306. The lowest BCUT2D eigenvalue weighted by Gasteiger charge is -1.98. The highest BCUT2D eigenvalue weighted by atomic mass is 15.3. The van der Waals surface area contributed by atoms with E-state index in [1.807, 2.05) is 13.8 Å². The molecule has 0 bridgehead atoms. The number of nitrogens with zero attached hydrogens (tertiary/aromatic N) is 4. The first-order chi connectivity index (χ1) is 4.70. The monoisotopic (exact) mass is 138 g/mol. The van der Waals surface area contributed by atoms with Crippen molar-refractivity contribution in [3.8, 4) is 0 Å². The maximum atomic E-state index is 3.85. The van der Waals surface area contributed by atoms with Crippen molar-refractivity contribution < 1.29 is 0 Å². The van der Waals surface area contributed by atoms with E-state index < -0.39 is 0 Å². The fourth-order valence-corrected chi connectivity index (χ4v) is 0.518. The van der Waals surface area contributed by atoms with Gasteiger partial charge in [-0.1, -0.05) is 13.8 Å². The van der Waals surface area contributed by atoms with Gasteiger partial charge < -0.3 is 0 Å². The van der Waals surface area contributed by atoms with E-state index in [9.17, 15) is 0 Å². The summed E-state index contributed by atoms with van der Waals surface area (Å²) in [6.45, 7) is 5.78. The second-order valence-electron chi connectivity index (χ2n) is 2.46. The third-order valence-corrected chi connectivity index (χ3v) is 1.11. The molecule has 0 aliphatic rings. The Morgan fingerprint density at radius 2 is 1.50 bits per heavy atom. The van der Waals surface area contributed by atoms with Gasteiger partial charge >= 0.3 is 0 Å². The summed E-state index contributed by atoms with van der Waals surface area (Å²) in [6.07, 6.45) is 0. The van der Waals surface area contributed by atoms with Gasteiger partial charge in [-0.3, -0.25) is 0 Å². The molecule has 10 heavy (non-hydrogen) atoms. The zero-order valence-electron chi connectivity index (χ0n) is 6.37. The molecule has 0 N–H and O–H groups in total. The average molecular weight is 138 g/mol. The van der Waals surface area contributed by atoms with Crippen LogP contribution in [0.5, 0.6) is 0 Å². The van der Waals surface area contributed by atoms with Crippen molar-refractivity contribution in [1.29, 1.82) is 0 Å². The summed E-state index contributed by atoms with van der Waals surface area (Å²) in [6, 6.07) is 0. The lowest BCUT2D eigenvalue weighted by molar-refractivity contribution is 0.673. The van der Waals surface area contributed by atoms with Gasteiger partial charge in [0.05, 0.1) is 0 Å². The predicted octanol–water partition coefficient (Wildman–Crippen LogP) is 0.698. The van der Waals surface area contributed by atoms with Crippen molar-refractivity contribution in [2.75, 3.05) is 0 Å². The summed E-state index contributed by atoms with van der Waals surface area (Å²) in [5.41, 5.74) is 0. The first-order valence-corrected chi connectivity index (χ1v) is 3.24. The summed E-state index contributed by atoms with van der Waals surface area (Å²) >= 11 is 0. The van der Waals surface area contributed by atoms with Crippen molar-refractivity contribution >= 4 is 0 Å². The van der Waals surface area contributed by atoms with E-state index in [1.165, 1.54) is 0 Å². The van der Waals surface area contributed by atoms with E-state index >= 15 is 0 Å². The SMILES string of the molecule is Cc1nnc(C(C)C)nn1. The number of rotatable bonds is 1. The van der Waals surface area contributed by atoms with Gasteiger partial charge in [0, 0.05) is 5.92 Å². The molecule has 0 aliphatic carbocycles. The summed E-state index contributed by atoms with van der Waals surface area (Å²) < 4.78 is 0. The van der Waals surface area contributed by atoms with Crippen LogP contribution in [0.1, 0.15) is 31.4 Å². The van der Waals surface area contributed by atoms with Crippen LogP contribution in [0, 0.1) is 6.92 Å². The minimum atomic E-state index is 0.306. The van der Waals surface area contributed by atoms with E-state index in [2.05, 4.69) is 20.4 Å². The summed E-state index contributed by atoms with van der Waals surface area (Å²) in [5, 5.41) is 15.3. The van der Waals surface area contributed by atoms with Crippen LogP contribution in [0.4, 0.5) is 0 Å². The Morgan fingerprint density at radius 1 is 1.00 bits per heavy atom. The molecule has 1 aromatic heterocycles. The van der Waals surface area contributed by atoms with Gasteiger partial charge in [-0.05, 0) is 6.92 Å². The van der Waals surface area contributed by atoms with E-state index in [0.29, 0.717) is 17.6 Å². The van der Waals surface area contributed by atoms with Crippen LogP contribution in [-0.2, 0) is 0 Å². The minimum Gasteiger partial charge on any atom is -0.132 e. The van der Waals surface area contributed by atoms with Crippen LogP contribution in [0.25, 0.3) is 0 Å². The molecule has 0 unspecified atom stereocenters. The molecule has 0 aromatic carbocycles. The molecular weight excluding hydrogens is 128 g/mol. The normalized spacial score (nSPS) is 10.4. The van der Waals surface area contributed by atoms with Crippen molar-refractivity contribution in [2.24, 2.45) is 0 Å². The lowest BCUT2D eigenvalue weighted by atomic mass is 10.2. The smallest absolute Gasteiger partial charge is 0.132 e. The van der Waals surface area contributed by atoms with E-state index in [4.69, 9.17) is 0 Å². The molecule has 4 heteroatoms. The molecular formula is C6H10N4. The van der Waals surface area contributed by atoms with Crippen LogP contribution >= 0.6 is 0 Å². The van der Waals surface area contributed by atoms with Gasteiger partial charge in [0.2, 0.25) is 0 Å². The molecule has 0 saturated carbocycles. The second-order valence-corrected chi connectivity index (χ2v) is 2.46. The summed E-state index contributed by atoms with van der Waals surface area (Å²) in [7, 11) is 0. The number of aromatic nitrogens is 4. The first kappa shape index (κ1) is 7.05. The molecule has 0 radical (unpaired) electrons. The number of hydrogen-bond acceptors (Lipinski definition) is 4. The number of aryl methyl sites for hydroxylation is 1. The predicted molar refractivity (Wildman–Crippen MR) is 36.4 cm³/mol. The van der Waals surface area contributed by atoms with Crippen molar-refractivity contribution in [3.05, 3.63) is 11.6 Å². The molecule has 0 spiro atoms. The van der Waals surface area contributed by atoms with Crippen molar-refractivity contribution in [1.82, 2.24) is 20.4 Å². The van der Waals surface area contributed by atoms with Crippen LogP contribution in [0.2, 0.25) is 0 Å². The van der Waals surface area contributed by atoms with Gasteiger partial charge in [0.25, 0.3) is 0 Å². The Morgan fingerprint density at radius 3 is 1.90 bits per heavy atom. The van der Waals surface area contributed by atoms with E-state index in [0.717, 1.165) is 0 Å². The molecule has 0 fully saturated rings. The first-order valence-electron chi connectivity index (χ1n) is 3.24. The van der Waals surface area contributed by atoms with Gasteiger partial charge in [0.15, 0.2) is 11.6 Å².